The lowest BCUT2D eigenvalue weighted by Crippen LogP contribution is -2.12. The van der Waals surface area contributed by atoms with Crippen LogP contribution in [0.15, 0.2) is 54.7 Å². The summed E-state index contributed by atoms with van der Waals surface area (Å²) in [7, 11) is 3.16. The Hall–Kier alpha value is -3.25. The molecule has 6 nitrogen and oxygen atoms in total. The third kappa shape index (κ3) is 4.53. The van der Waals surface area contributed by atoms with Gasteiger partial charge in [-0.25, -0.2) is 4.98 Å². The van der Waals surface area contributed by atoms with Crippen molar-refractivity contribution in [1.29, 1.82) is 0 Å². The predicted molar refractivity (Wildman–Crippen MR) is 111 cm³/mol. The van der Waals surface area contributed by atoms with Crippen LogP contribution in [0.4, 0.5) is 17.2 Å². The molecular formula is C21H20ClN3O3. The fraction of sp³-hybridized carbons (Fsp3) is 0.143. The Bertz CT molecular complexity index is 973. The van der Waals surface area contributed by atoms with Crippen molar-refractivity contribution in [3.63, 3.8) is 0 Å². The molecule has 2 aromatic carbocycles. The van der Waals surface area contributed by atoms with Crippen molar-refractivity contribution in [2.45, 2.75) is 6.92 Å². The molecule has 0 aliphatic heterocycles. The Morgan fingerprint density at radius 2 is 1.79 bits per heavy atom. The first-order valence-corrected chi connectivity index (χ1v) is 8.90. The second kappa shape index (κ2) is 8.63. The Balaban J connectivity index is 1.69. The first kappa shape index (κ1) is 19.5. The minimum Gasteiger partial charge on any atom is -0.497 e. The molecule has 1 aromatic heterocycles. The molecule has 0 fully saturated rings. The van der Waals surface area contributed by atoms with Crippen molar-refractivity contribution in [1.82, 2.24) is 4.98 Å². The summed E-state index contributed by atoms with van der Waals surface area (Å²) < 4.78 is 10.5. The van der Waals surface area contributed by atoms with Crippen molar-refractivity contribution in [3.05, 3.63) is 70.9 Å². The molecule has 0 unspecified atom stereocenters. The van der Waals surface area contributed by atoms with E-state index in [9.17, 15) is 4.79 Å². The number of aromatic nitrogens is 1. The van der Waals surface area contributed by atoms with Crippen molar-refractivity contribution < 1.29 is 14.3 Å². The SMILES string of the molecule is COc1ccc(C(=O)Nc2ccc(Nc3cc(C)c(Cl)cc3OC)cn2)cc1. The summed E-state index contributed by atoms with van der Waals surface area (Å²) in [5.74, 6) is 1.53. The number of ether oxygens (including phenoxy) is 2. The average Bonchev–Trinajstić information content (AvgIpc) is 2.72. The fourth-order valence-corrected chi connectivity index (χ4v) is 2.71. The third-order valence-corrected chi connectivity index (χ3v) is 4.52. The van der Waals surface area contributed by atoms with Crippen LogP contribution in [0.5, 0.6) is 11.5 Å². The molecule has 0 spiro atoms. The van der Waals surface area contributed by atoms with E-state index in [4.69, 9.17) is 21.1 Å². The van der Waals surface area contributed by atoms with Gasteiger partial charge in [0.25, 0.3) is 5.91 Å². The zero-order valence-electron chi connectivity index (χ0n) is 15.7. The molecular weight excluding hydrogens is 378 g/mol. The van der Waals surface area contributed by atoms with E-state index >= 15 is 0 Å². The van der Waals surface area contributed by atoms with Crippen LogP contribution in [-0.2, 0) is 0 Å². The molecule has 2 N–H and O–H groups in total. The van der Waals surface area contributed by atoms with Crippen LogP contribution in [-0.4, -0.2) is 25.1 Å². The highest BCUT2D eigenvalue weighted by Crippen LogP contribution is 2.33. The molecule has 3 rings (SSSR count). The summed E-state index contributed by atoms with van der Waals surface area (Å²) in [5, 5.41) is 6.64. The minimum atomic E-state index is -0.245. The van der Waals surface area contributed by atoms with Crippen LogP contribution in [0, 0.1) is 6.92 Å². The zero-order valence-corrected chi connectivity index (χ0v) is 16.5. The number of carbonyl (C=O) groups is 1. The lowest BCUT2D eigenvalue weighted by Gasteiger charge is -2.13. The molecule has 3 aromatic rings. The summed E-state index contributed by atoms with van der Waals surface area (Å²) in [6, 6.07) is 14.1. The van der Waals surface area contributed by atoms with E-state index in [2.05, 4.69) is 15.6 Å². The standard InChI is InChI=1S/C21H20ClN3O3/c1-13-10-18(19(28-3)11-17(13)22)24-15-6-9-20(23-12-15)25-21(26)14-4-7-16(27-2)8-5-14/h4-12,24H,1-3H3,(H,23,25,26). The summed E-state index contributed by atoms with van der Waals surface area (Å²) >= 11 is 6.14. The van der Waals surface area contributed by atoms with E-state index < -0.39 is 0 Å². The van der Waals surface area contributed by atoms with E-state index in [0.717, 1.165) is 16.9 Å². The highest BCUT2D eigenvalue weighted by atomic mass is 35.5. The van der Waals surface area contributed by atoms with Crippen molar-refractivity contribution in [2.75, 3.05) is 24.9 Å². The number of benzene rings is 2. The van der Waals surface area contributed by atoms with Gasteiger partial charge in [0, 0.05) is 16.7 Å². The third-order valence-electron chi connectivity index (χ3n) is 4.12. The topological polar surface area (TPSA) is 72.5 Å². The van der Waals surface area contributed by atoms with Gasteiger partial charge in [-0.3, -0.25) is 4.79 Å². The molecule has 0 bridgehead atoms. The van der Waals surface area contributed by atoms with Gasteiger partial charge < -0.3 is 20.1 Å². The van der Waals surface area contributed by atoms with Crippen LogP contribution in [0.1, 0.15) is 15.9 Å². The molecule has 0 saturated heterocycles. The lowest BCUT2D eigenvalue weighted by molar-refractivity contribution is 0.102. The Morgan fingerprint density at radius 1 is 1.04 bits per heavy atom. The van der Waals surface area contributed by atoms with Crippen molar-refractivity contribution in [2.24, 2.45) is 0 Å². The largest absolute Gasteiger partial charge is 0.497 e. The zero-order chi connectivity index (χ0) is 20.1. The van der Waals surface area contributed by atoms with Gasteiger partial charge in [-0.1, -0.05) is 11.6 Å². The summed E-state index contributed by atoms with van der Waals surface area (Å²) in [4.78, 5) is 16.6. The number of nitrogens with zero attached hydrogens (tertiary/aromatic N) is 1. The molecule has 144 valence electrons. The number of amides is 1. The van der Waals surface area contributed by atoms with Crippen molar-refractivity contribution >= 4 is 34.7 Å². The molecule has 1 heterocycles. The van der Waals surface area contributed by atoms with Gasteiger partial charge >= 0.3 is 0 Å². The second-order valence-corrected chi connectivity index (χ2v) is 6.45. The Morgan fingerprint density at radius 3 is 2.39 bits per heavy atom. The number of hydrogen-bond donors (Lipinski definition) is 2. The summed E-state index contributed by atoms with van der Waals surface area (Å²) in [5.41, 5.74) is 2.98. The second-order valence-electron chi connectivity index (χ2n) is 6.04. The van der Waals surface area contributed by atoms with Gasteiger partial charge in [-0.05, 0) is 55.0 Å². The predicted octanol–water partition coefficient (Wildman–Crippen LogP) is 5.06. The molecule has 7 heteroatoms. The maximum Gasteiger partial charge on any atom is 0.256 e. The van der Waals surface area contributed by atoms with E-state index in [-0.39, 0.29) is 5.91 Å². The molecule has 0 aliphatic carbocycles. The normalized spacial score (nSPS) is 10.3. The number of anilines is 3. The van der Waals surface area contributed by atoms with Crippen LogP contribution >= 0.6 is 11.6 Å². The number of nitrogens with one attached hydrogen (secondary N) is 2. The Kier molecular flexibility index (Phi) is 6.01. The van der Waals surface area contributed by atoms with Gasteiger partial charge in [0.15, 0.2) is 0 Å². The Labute approximate surface area is 168 Å². The highest BCUT2D eigenvalue weighted by molar-refractivity contribution is 6.31. The molecule has 0 radical (unpaired) electrons. The van der Waals surface area contributed by atoms with Crippen LogP contribution < -0.4 is 20.1 Å². The molecule has 28 heavy (non-hydrogen) atoms. The van der Waals surface area contributed by atoms with Crippen LogP contribution in [0.2, 0.25) is 5.02 Å². The number of methoxy groups -OCH3 is 2. The summed E-state index contributed by atoms with van der Waals surface area (Å²) in [6.45, 7) is 1.92. The van der Waals surface area contributed by atoms with E-state index in [0.29, 0.717) is 27.9 Å². The number of carbonyl (C=O) groups excluding carboxylic acids is 1. The monoisotopic (exact) mass is 397 g/mol. The van der Waals surface area contributed by atoms with Crippen LogP contribution in [0.25, 0.3) is 0 Å². The number of rotatable bonds is 6. The minimum absolute atomic E-state index is 0.245. The van der Waals surface area contributed by atoms with Gasteiger partial charge in [-0.15, -0.1) is 0 Å². The smallest absolute Gasteiger partial charge is 0.256 e. The van der Waals surface area contributed by atoms with Gasteiger partial charge in [-0.2, -0.15) is 0 Å². The first-order valence-electron chi connectivity index (χ1n) is 8.53. The van der Waals surface area contributed by atoms with E-state index in [1.807, 2.05) is 19.1 Å². The summed E-state index contributed by atoms with van der Waals surface area (Å²) in [6.07, 6.45) is 1.63. The van der Waals surface area contributed by atoms with E-state index in [1.54, 1.807) is 56.8 Å². The number of hydrogen-bond acceptors (Lipinski definition) is 5. The highest BCUT2D eigenvalue weighted by Gasteiger charge is 2.09. The molecule has 0 atom stereocenters. The number of halogens is 1. The van der Waals surface area contributed by atoms with Crippen molar-refractivity contribution in [3.8, 4) is 11.5 Å². The quantitative estimate of drug-likeness (QED) is 0.608. The van der Waals surface area contributed by atoms with Gasteiger partial charge in [0.2, 0.25) is 0 Å². The molecule has 1 amide bonds. The van der Waals surface area contributed by atoms with Gasteiger partial charge in [0.1, 0.15) is 17.3 Å². The van der Waals surface area contributed by atoms with E-state index in [1.165, 1.54) is 0 Å². The lowest BCUT2D eigenvalue weighted by atomic mass is 10.2. The molecule has 0 aliphatic rings. The fourth-order valence-electron chi connectivity index (χ4n) is 2.56. The average molecular weight is 398 g/mol. The number of pyridine rings is 1. The maximum absolute atomic E-state index is 12.3. The van der Waals surface area contributed by atoms with Crippen LogP contribution in [0.3, 0.4) is 0 Å². The number of aryl methyl sites for hydroxylation is 1. The molecule has 0 saturated carbocycles. The first-order chi connectivity index (χ1) is 13.5. The van der Waals surface area contributed by atoms with Gasteiger partial charge in [0.05, 0.1) is 31.8 Å². The maximum atomic E-state index is 12.3.